The van der Waals surface area contributed by atoms with Crippen molar-refractivity contribution in [1.82, 2.24) is 22.8 Å². The molecule has 0 saturated carbocycles. The van der Waals surface area contributed by atoms with Crippen molar-refractivity contribution in [2.24, 2.45) is 0 Å². The summed E-state index contributed by atoms with van der Waals surface area (Å²) in [5, 5.41) is 16.1. The summed E-state index contributed by atoms with van der Waals surface area (Å²) in [6.45, 7) is 0. The second-order valence-electron chi connectivity index (χ2n) is 21.5. The molecule has 368 valence electrons. The van der Waals surface area contributed by atoms with Crippen molar-refractivity contribution in [2.45, 2.75) is 12.8 Å². The van der Waals surface area contributed by atoms with Crippen LogP contribution in [0.5, 0.6) is 0 Å². The van der Waals surface area contributed by atoms with Gasteiger partial charge in [0.1, 0.15) is 0 Å². The summed E-state index contributed by atoms with van der Waals surface area (Å²) in [5.41, 5.74) is 19.1. The molecule has 0 bridgehead atoms. The van der Waals surface area contributed by atoms with E-state index in [1.807, 2.05) is 0 Å². The third-order valence-electron chi connectivity index (χ3n) is 17.5. The maximum absolute atomic E-state index is 2.57. The molecular weight excluding hydrogens is 959 g/mol. The molecule has 0 aliphatic heterocycles. The lowest BCUT2D eigenvalue weighted by atomic mass is 9.95. The summed E-state index contributed by atoms with van der Waals surface area (Å²) >= 11 is 0. The molecule has 5 heteroatoms. The standard InChI is InChI=1S/C74H47N5/c1-3-19-46(20-4-1)75-70-43-50(78-68-33-17-11-27-57(68)58-28-12-18-34-69(58)78)37-40-59(70)60-44-72-63(45-71(60)75)73-61-41-48(76-64-29-13-7-23-53(64)54-24-8-14-30-65(54)76)35-38-51(61)52-39-36-49(42-62(52)74(73)79(72)47-21-5-2-6-22-47)77-66-31-15-9-25-55(66)56-26-10-16-32-67(56)77/h1-7,9-23,25-45H,8,24H2. The van der Waals surface area contributed by atoms with Gasteiger partial charge in [-0.3, -0.25) is 0 Å². The summed E-state index contributed by atoms with van der Waals surface area (Å²) in [4.78, 5) is 0. The minimum atomic E-state index is 1.03. The second-order valence-corrected chi connectivity index (χ2v) is 21.5. The number of allylic oxidation sites excluding steroid dienone is 1. The lowest BCUT2D eigenvalue weighted by Gasteiger charge is -2.17. The highest BCUT2D eigenvalue weighted by molar-refractivity contribution is 6.34. The largest absolute Gasteiger partial charge is 0.310 e. The molecule has 0 unspecified atom stereocenters. The van der Waals surface area contributed by atoms with E-state index in [1.165, 1.54) is 125 Å². The highest BCUT2D eigenvalue weighted by Crippen LogP contribution is 2.48. The molecule has 0 saturated heterocycles. The van der Waals surface area contributed by atoms with Crippen LogP contribution in [0, 0.1) is 0 Å². The van der Waals surface area contributed by atoms with Crippen LogP contribution < -0.4 is 0 Å². The van der Waals surface area contributed by atoms with Gasteiger partial charge in [0.25, 0.3) is 0 Å². The van der Waals surface area contributed by atoms with Gasteiger partial charge in [-0.15, -0.1) is 0 Å². The van der Waals surface area contributed by atoms with Crippen LogP contribution in [0.4, 0.5) is 0 Å². The van der Waals surface area contributed by atoms with Crippen molar-refractivity contribution in [3.8, 4) is 28.4 Å². The minimum absolute atomic E-state index is 1.03. The summed E-state index contributed by atoms with van der Waals surface area (Å²) in [7, 11) is 0. The smallest absolute Gasteiger partial charge is 0.0626 e. The van der Waals surface area contributed by atoms with Crippen LogP contribution in [-0.2, 0) is 6.42 Å². The van der Waals surface area contributed by atoms with Gasteiger partial charge >= 0.3 is 0 Å². The fraction of sp³-hybridized carbons (Fsp3) is 0.0270. The SMILES string of the molecule is C1=Cc2c(c3ccccc3n2-c2ccc3c4ccc(-n5c6ccccc6c6ccccc65)cc4c4c(c3c2)c2cc3c(cc2n4-c2ccccc2)c2ccc(-n4c5ccccc5c5ccccc54)cc2n3-c2ccccc2)CC1. The Kier molecular flexibility index (Phi) is 8.72. The third-order valence-corrected chi connectivity index (χ3v) is 17.5. The fourth-order valence-electron chi connectivity index (χ4n) is 14.2. The molecule has 5 nitrogen and oxygen atoms in total. The van der Waals surface area contributed by atoms with Crippen LogP contribution in [-0.4, -0.2) is 22.8 Å². The van der Waals surface area contributed by atoms with E-state index < -0.39 is 0 Å². The average Bonchev–Trinajstić information content (AvgIpc) is 3.99. The van der Waals surface area contributed by atoms with Gasteiger partial charge in [0.2, 0.25) is 0 Å². The van der Waals surface area contributed by atoms with Gasteiger partial charge in [-0.2, -0.15) is 0 Å². The number of aromatic nitrogens is 5. The van der Waals surface area contributed by atoms with Gasteiger partial charge in [-0.05, 0) is 144 Å². The first-order valence-corrected chi connectivity index (χ1v) is 27.6. The first-order chi connectivity index (χ1) is 39.2. The number of aryl methyl sites for hydroxylation is 1. The summed E-state index contributed by atoms with van der Waals surface area (Å²) in [6.07, 6.45) is 6.78. The predicted molar refractivity (Wildman–Crippen MR) is 333 cm³/mol. The Morgan fingerprint density at radius 2 is 0.646 bits per heavy atom. The second kappa shape index (κ2) is 16.1. The molecule has 0 atom stereocenters. The Hall–Kier alpha value is -10.4. The first-order valence-electron chi connectivity index (χ1n) is 27.6. The van der Waals surface area contributed by atoms with E-state index >= 15 is 0 Å². The van der Waals surface area contributed by atoms with Crippen LogP contribution in [0.15, 0.2) is 255 Å². The van der Waals surface area contributed by atoms with Crippen LogP contribution in [0.25, 0.3) is 154 Å². The zero-order valence-corrected chi connectivity index (χ0v) is 43.0. The molecule has 5 aromatic heterocycles. The maximum Gasteiger partial charge on any atom is 0.0626 e. The Labute approximate surface area is 453 Å². The number of fused-ring (bicyclic) bond motifs is 20. The molecule has 0 N–H and O–H groups in total. The van der Waals surface area contributed by atoms with Crippen LogP contribution in [0.2, 0.25) is 0 Å². The molecule has 79 heavy (non-hydrogen) atoms. The minimum Gasteiger partial charge on any atom is -0.310 e. The average molecular weight is 1010 g/mol. The number of hydrogen-bond acceptors (Lipinski definition) is 0. The molecule has 0 amide bonds. The van der Waals surface area contributed by atoms with Gasteiger partial charge in [-0.25, -0.2) is 0 Å². The van der Waals surface area contributed by atoms with E-state index in [4.69, 9.17) is 0 Å². The number of nitrogens with zero attached hydrogens (tertiary/aromatic N) is 5. The molecular formula is C74H47N5. The topological polar surface area (TPSA) is 24.6 Å². The van der Waals surface area contributed by atoms with E-state index in [1.54, 1.807) is 0 Å². The Morgan fingerprint density at radius 1 is 0.241 bits per heavy atom. The van der Waals surface area contributed by atoms with Crippen molar-refractivity contribution >= 4 is 126 Å². The zero-order chi connectivity index (χ0) is 51.4. The summed E-state index contributed by atoms with van der Waals surface area (Å²) in [5.74, 6) is 0. The Balaban J connectivity index is 1.01. The van der Waals surface area contributed by atoms with Gasteiger partial charge in [0.05, 0.1) is 49.7 Å². The summed E-state index contributed by atoms with van der Waals surface area (Å²) < 4.78 is 12.5. The molecule has 0 spiro atoms. The molecule has 0 radical (unpaired) electrons. The van der Waals surface area contributed by atoms with Gasteiger partial charge in [0.15, 0.2) is 0 Å². The highest BCUT2D eigenvalue weighted by atomic mass is 15.0. The molecule has 12 aromatic carbocycles. The van der Waals surface area contributed by atoms with Gasteiger partial charge in [-0.1, -0.05) is 152 Å². The number of benzene rings is 12. The lowest BCUT2D eigenvalue weighted by molar-refractivity contribution is 0.968. The lowest BCUT2D eigenvalue weighted by Crippen LogP contribution is -2.00. The van der Waals surface area contributed by atoms with Crippen molar-refractivity contribution in [2.75, 3.05) is 0 Å². The molecule has 17 aromatic rings. The van der Waals surface area contributed by atoms with Crippen molar-refractivity contribution in [3.05, 3.63) is 266 Å². The fourth-order valence-corrected chi connectivity index (χ4v) is 14.2. The zero-order valence-electron chi connectivity index (χ0n) is 43.0. The Morgan fingerprint density at radius 3 is 1.24 bits per heavy atom. The monoisotopic (exact) mass is 1010 g/mol. The predicted octanol–water partition coefficient (Wildman–Crippen LogP) is 19.3. The Bertz CT molecular complexity index is 5380. The van der Waals surface area contributed by atoms with Gasteiger partial charge < -0.3 is 22.8 Å². The van der Waals surface area contributed by atoms with Crippen LogP contribution >= 0.6 is 0 Å². The molecule has 1 aliphatic carbocycles. The highest BCUT2D eigenvalue weighted by Gasteiger charge is 2.26. The van der Waals surface area contributed by atoms with Crippen molar-refractivity contribution in [1.29, 1.82) is 0 Å². The van der Waals surface area contributed by atoms with E-state index in [0.717, 1.165) is 46.8 Å². The summed E-state index contributed by atoms with van der Waals surface area (Å²) in [6, 6.07) is 92.9. The first kappa shape index (κ1) is 42.8. The van der Waals surface area contributed by atoms with Crippen molar-refractivity contribution in [3.63, 3.8) is 0 Å². The van der Waals surface area contributed by atoms with Crippen LogP contribution in [0.1, 0.15) is 17.7 Å². The van der Waals surface area contributed by atoms with Crippen molar-refractivity contribution < 1.29 is 0 Å². The number of para-hydroxylation sites is 7. The number of rotatable bonds is 5. The normalized spacial score (nSPS) is 12.9. The third kappa shape index (κ3) is 5.88. The number of hydrogen-bond donors (Lipinski definition) is 0. The van der Waals surface area contributed by atoms with E-state index in [9.17, 15) is 0 Å². The maximum atomic E-state index is 2.57. The van der Waals surface area contributed by atoms with Crippen LogP contribution in [0.3, 0.4) is 0 Å². The molecule has 18 rings (SSSR count). The quantitative estimate of drug-likeness (QED) is 0.154. The molecule has 5 heterocycles. The van der Waals surface area contributed by atoms with E-state index in [0.29, 0.717) is 0 Å². The van der Waals surface area contributed by atoms with E-state index in [2.05, 4.69) is 284 Å². The van der Waals surface area contributed by atoms with E-state index in [-0.39, 0.29) is 0 Å². The molecule has 0 fully saturated rings. The van der Waals surface area contributed by atoms with Gasteiger partial charge in [0, 0.05) is 88.0 Å². The molecule has 1 aliphatic rings.